The molecule has 0 heterocycles. The maximum absolute atomic E-state index is 12.4. The molecule has 1 amide bonds. The quantitative estimate of drug-likeness (QED) is 0.491. The van der Waals surface area contributed by atoms with E-state index in [1.54, 1.807) is 11.8 Å². The molecule has 2 rings (SSSR count). The van der Waals surface area contributed by atoms with Crippen molar-refractivity contribution in [2.75, 3.05) is 12.3 Å². The summed E-state index contributed by atoms with van der Waals surface area (Å²) in [7, 11) is 0. The highest BCUT2D eigenvalue weighted by atomic mass is 35.5. The fourth-order valence-electron chi connectivity index (χ4n) is 2.49. The third-order valence-electron chi connectivity index (χ3n) is 4.13. The highest BCUT2D eigenvalue weighted by Gasteiger charge is 2.17. The number of amides is 1. The molecule has 0 fully saturated rings. The topological polar surface area (TPSA) is 38.3 Å². The maximum Gasteiger partial charge on any atom is 0.261 e. The molecular weight excluding hydrogens is 401 g/mol. The number of nitrogens with one attached hydrogen (secondary N) is 1. The largest absolute Gasteiger partial charge is 0.481 e. The summed E-state index contributed by atoms with van der Waals surface area (Å²) in [5.41, 5.74) is 2.18. The molecule has 2 aromatic rings. The Morgan fingerprint density at radius 1 is 1.11 bits per heavy atom. The van der Waals surface area contributed by atoms with Crippen molar-refractivity contribution in [3.63, 3.8) is 0 Å². The van der Waals surface area contributed by atoms with Crippen molar-refractivity contribution in [1.29, 1.82) is 0 Å². The normalized spacial score (nSPS) is 11.9. The van der Waals surface area contributed by atoms with Gasteiger partial charge >= 0.3 is 0 Å². The summed E-state index contributed by atoms with van der Waals surface area (Å²) in [4.78, 5) is 12.4. The summed E-state index contributed by atoms with van der Waals surface area (Å²) in [5, 5.41) is 4.29. The Morgan fingerprint density at radius 2 is 1.78 bits per heavy atom. The zero-order chi connectivity index (χ0) is 19.6. The molecule has 2 aromatic carbocycles. The van der Waals surface area contributed by atoms with Crippen LogP contribution < -0.4 is 10.1 Å². The molecule has 1 atom stereocenters. The van der Waals surface area contributed by atoms with Gasteiger partial charge in [0.15, 0.2) is 6.10 Å². The zero-order valence-corrected chi connectivity index (χ0v) is 18.0. The SMILES string of the molecule is CCc1ccc(O[C@H](CC)C(=O)NCCSCc2c(Cl)cccc2Cl)cc1. The first-order chi connectivity index (χ1) is 13.0. The first-order valence-corrected chi connectivity index (χ1v) is 11.0. The van der Waals surface area contributed by atoms with Crippen LogP contribution in [-0.2, 0) is 17.0 Å². The summed E-state index contributed by atoms with van der Waals surface area (Å²) in [5.74, 6) is 2.12. The number of rotatable bonds is 10. The van der Waals surface area contributed by atoms with Crippen LogP contribution in [0.5, 0.6) is 5.75 Å². The van der Waals surface area contributed by atoms with Crippen LogP contribution in [0.2, 0.25) is 10.0 Å². The highest BCUT2D eigenvalue weighted by molar-refractivity contribution is 7.98. The first-order valence-electron chi connectivity index (χ1n) is 9.09. The van der Waals surface area contributed by atoms with Crippen LogP contribution in [0.4, 0.5) is 0 Å². The number of hydrogen-bond donors (Lipinski definition) is 1. The molecule has 0 unspecified atom stereocenters. The Labute approximate surface area is 175 Å². The van der Waals surface area contributed by atoms with Crippen molar-refractivity contribution in [3.05, 3.63) is 63.6 Å². The van der Waals surface area contributed by atoms with Crippen LogP contribution in [0.25, 0.3) is 0 Å². The Bertz CT molecular complexity index is 717. The summed E-state index contributed by atoms with van der Waals surface area (Å²) in [6.45, 7) is 4.62. The van der Waals surface area contributed by atoms with Gasteiger partial charge in [-0.3, -0.25) is 4.79 Å². The lowest BCUT2D eigenvalue weighted by Crippen LogP contribution is -2.39. The van der Waals surface area contributed by atoms with Gasteiger partial charge in [0, 0.05) is 28.1 Å². The van der Waals surface area contributed by atoms with Crippen LogP contribution >= 0.6 is 35.0 Å². The van der Waals surface area contributed by atoms with E-state index in [0.29, 0.717) is 28.8 Å². The van der Waals surface area contributed by atoms with Crippen LogP contribution in [-0.4, -0.2) is 24.3 Å². The minimum absolute atomic E-state index is 0.0894. The van der Waals surface area contributed by atoms with E-state index in [2.05, 4.69) is 12.2 Å². The Balaban J connectivity index is 1.74. The fourth-order valence-corrected chi connectivity index (χ4v) is 4.09. The number of thioether (sulfide) groups is 1. The molecule has 0 aliphatic carbocycles. The van der Waals surface area contributed by atoms with Gasteiger partial charge in [0.05, 0.1) is 0 Å². The molecule has 1 N–H and O–H groups in total. The molecule has 0 aromatic heterocycles. The van der Waals surface area contributed by atoms with Gasteiger partial charge in [0.2, 0.25) is 0 Å². The van der Waals surface area contributed by atoms with E-state index < -0.39 is 6.10 Å². The minimum atomic E-state index is -0.486. The summed E-state index contributed by atoms with van der Waals surface area (Å²) < 4.78 is 5.83. The van der Waals surface area contributed by atoms with E-state index >= 15 is 0 Å². The maximum atomic E-state index is 12.4. The number of aryl methyl sites for hydroxylation is 1. The van der Waals surface area contributed by atoms with Crippen molar-refractivity contribution in [2.45, 2.75) is 38.5 Å². The number of benzene rings is 2. The molecule has 0 aliphatic heterocycles. The lowest BCUT2D eigenvalue weighted by atomic mass is 10.2. The molecule has 0 saturated heterocycles. The number of halogens is 2. The van der Waals surface area contributed by atoms with E-state index in [1.165, 1.54) is 5.56 Å². The molecule has 0 aliphatic rings. The Kier molecular flexibility index (Phi) is 9.32. The summed E-state index contributed by atoms with van der Waals surface area (Å²) in [6.07, 6.45) is 1.11. The van der Waals surface area contributed by atoms with Crippen molar-refractivity contribution in [2.24, 2.45) is 0 Å². The molecule has 27 heavy (non-hydrogen) atoms. The summed E-state index contributed by atoms with van der Waals surface area (Å²) in [6, 6.07) is 13.4. The van der Waals surface area contributed by atoms with E-state index in [0.717, 1.165) is 23.5 Å². The number of hydrogen-bond acceptors (Lipinski definition) is 3. The van der Waals surface area contributed by atoms with E-state index in [4.69, 9.17) is 27.9 Å². The van der Waals surface area contributed by atoms with Gasteiger partial charge in [0.1, 0.15) is 5.75 Å². The van der Waals surface area contributed by atoms with Gasteiger partial charge < -0.3 is 10.1 Å². The Morgan fingerprint density at radius 3 is 2.37 bits per heavy atom. The second-order valence-electron chi connectivity index (χ2n) is 6.06. The smallest absolute Gasteiger partial charge is 0.261 e. The average molecular weight is 426 g/mol. The van der Waals surface area contributed by atoms with E-state index in [1.807, 2.05) is 49.4 Å². The lowest BCUT2D eigenvalue weighted by molar-refractivity contribution is -0.127. The molecule has 0 spiro atoms. The van der Waals surface area contributed by atoms with Gasteiger partial charge in [-0.1, -0.05) is 55.2 Å². The van der Waals surface area contributed by atoms with Gasteiger partial charge in [0.25, 0.3) is 5.91 Å². The standard InChI is InChI=1S/C21H25Cl2NO2S/c1-3-15-8-10-16(11-9-15)26-20(4-2)21(25)24-12-13-27-14-17-18(22)6-5-7-19(17)23/h5-11,20H,3-4,12-14H2,1-2H3,(H,24,25)/t20-/m1/s1. The van der Waals surface area contributed by atoms with Crippen molar-refractivity contribution >= 4 is 40.9 Å². The molecule has 6 heteroatoms. The van der Waals surface area contributed by atoms with Crippen LogP contribution in [0.1, 0.15) is 31.4 Å². The van der Waals surface area contributed by atoms with E-state index in [9.17, 15) is 4.79 Å². The third-order valence-corrected chi connectivity index (χ3v) is 5.82. The van der Waals surface area contributed by atoms with Crippen LogP contribution in [0.15, 0.2) is 42.5 Å². The Hall–Kier alpha value is -1.36. The van der Waals surface area contributed by atoms with Gasteiger partial charge in [-0.25, -0.2) is 0 Å². The van der Waals surface area contributed by atoms with Gasteiger partial charge in [-0.05, 0) is 48.2 Å². The first kappa shape index (κ1) is 21.9. The minimum Gasteiger partial charge on any atom is -0.481 e. The zero-order valence-electron chi connectivity index (χ0n) is 15.6. The second-order valence-corrected chi connectivity index (χ2v) is 7.98. The van der Waals surface area contributed by atoms with Crippen LogP contribution in [0.3, 0.4) is 0 Å². The van der Waals surface area contributed by atoms with Crippen LogP contribution in [0, 0.1) is 0 Å². The third kappa shape index (κ3) is 6.95. The monoisotopic (exact) mass is 425 g/mol. The lowest BCUT2D eigenvalue weighted by Gasteiger charge is -2.17. The molecule has 0 saturated carbocycles. The highest BCUT2D eigenvalue weighted by Crippen LogP contribution is 2.28. The van der Waals surface area contributed by atoms with Gasteiger partial charge in [-0.15, -0.1) is 0 Å². The average Bonchev–Trinajstić information content (AvgIpc) is 2.68. The number of carbonyl (C=O) groups excluding carboxylic acids is 1. The number of carbonyl (C=O) groups is 1. The van der Waals surface area contributed by atoms with Crippen molar-refractivity contribution in [1.82, 2.24) is 5.32 Å². The second kappa shape index (κ2) is 11.5. The molecule has 146 valence electrons. The predicted molar refractivity (Wildman–Crippen MR) is 116 cm³/mol. The fraction of sp³-hybridized carbons (Fsp3) is 0.381. The van der Waals surface area contributed by atoms with Crippen molar-refractivity contribution < 1.29 is 9.53 Å². The van der Waals surface area contributed by atoms with E-state index in [-0.39, 0.29) is 5.91 Å². The van der Waals surface area contributed by atoms with Gasteiger partial charge in [-0.2, -0.15) is 11.8 Å². The number of ether oxygens (including phenoxy) is 1. The molecular formula is C21H25Cl2NO2S. The van der Waals surface area contributed by atoms with Crippen molar-refractivity contribution in [3.8, 4) is 5.75 Å². The summed E-state index contributed by atoms with van der Waals surface area (Å²) >= 11 is 14.0. The predicted octanol–water partition coefficient (Wildman–Crippen LogP) is 5.76. The molecule has 0 bridgehead atoms. The molecule has 3 nitrogen and oxygen atoms in total. The molecule has 0 radical (unpaired) electrons.